The van der Waals surface area contributed by atoms with Gasteiger partial charge in [0, 0.05) is 30.7 Å². The first-order valence-corrected chi connectivity index (χ1v) is 11.1. The van der Waals surface area contributed by atoms with Crippen LogP contribution < -0.4 is 0 Å². The lowest BCUT2D eigenvalue weighted by atomic mass is 9.93. The maximum Gasteiger partial charge on any atom is 0.417 e. The van der Waals surface area contributed by atoms with Crippen molar-refractivity contribution < 1.29 is 31.1 Å². The van der Waals surface area contributed by atoms with Gasteiger partial charge in [0.2, 0.25) is 0 Å². The lowest BCUT2D eigenvalue weighted by Gasteiger charge is -2.18. The average Bonchev–Trinajstić information content (AvgIpc) is 2.58. The van der Waals surface area contributed by atoms with Gasteiger partial charge < -0.3 is 0 Å². The maximum atomic E-state index is 13.1. The van der Waals surface area contributed by atoms with Gasteiger partial charge in [-0.1, -0.05) is 44.0 Å². The highest BCUT2D eigenvalue weighted by molar-refractivity contribution is 9.11. The summed E-state index contributed by atoms with van der Waals surface area (Å²) in [4.78, 5) is 13.0. The van der Waals surface area contributed by atoms with Crippen LogP contribution in [0.2, 0.25) is 0 Å². The first kappa shape index (κ1) is 23.9. The highest BCUT2D eigenvalue weighted by atomic mass is 79.9. The molecule has 0 aromatic heterocycles. The van der Waals surface area contributed by atoms with Crippen LogP contribution in [0, 0.1) is 0 Å². The van der Waals surface area contributed by atoms with Crippen LogP contribution in [-0.4, -0.2) is 5.78 Å². The smallest absolute Gasteiger partial charge is 0.289 e. The fraction of sp³-hybridized carbons (Fsp3) is 0.235. The molecule has 0 atom stereocenters. The number of ketones is 1. The topological polar surface area (TPSA) is 17.1 Å². The second-order valence-corrected chi connectivity index (χ2v) is 8.21. The minimum absolute atomic E-state index is 0.0504. The first-order valence-electron chi connectivity index (χ1n) is 7.28. The molecule has 28 heavy (non-hydrogen) atoms. The number of halogens is 10. The van der Waals surface area contributed by atoms with Crippen molar-refractivity contribution in [3.05, 3.63) is 66.6 Å². The largest absolute Gasteiger partial charge is 0.417 e. The average molecular weight is 662 g/mol. The second-order valence-electron chi connectivity index (χ2n) is 5.50. The van der Waals surface area contributed by atoms with Gasteiger partial charge in [-0.15, -0.1) is 0 Å². The number of hydrogen-bond donors (Lipinski definition) is 0. The normalized spacial score (nSPS) is 12.4. The third-order valence-corrected chi connectivity index (χ3v) is 6.79. The van der Waals surface area contributed by atoms with Gasteiger partial charge >= 0.3 is 12.4 Å². The van der Waals surface area contributed by atoms with Crippen molar-refractivity contribution in [3.8, 4) is 0 Å². The highest BCUT2D eigenvalue weighted by Gasteiger charge is 2.37. The van der Waals surface area contributed by atoms with Crippen molar-refractivity contribution in [2.24, 2.45) is 0 Å². The molecule has 2 aromatic rings. The quantitative estimate of drug-likeness (QED) is 0.183. The molecule has 0 radical (unpaired) electrons. The maximum absolute atomic E-state index is 13.1. The summed E-state index contributed by atoms with van der Waals surface area (Å²) in [6.45, 7) is 0. The molecule has 0 aliphatic carbocycles. The van der Waals surface area contributed by atoms with E-state index in [1.54, 1.807) is 0 Å². The molecule has 0 spiro atoms. The van der Waals surface area contributed by atoms with Crippen LogP contribution in [0.3, 0.4) is 0 Å². The predicted octanol–water partition coefficient (Wildman–Crippen LogP) is 8.27. The number of carbonyl (C=O) groups is 1. The number of carbonyl (C=O) groups excluding carboxylic acids is 1. The molecule has 0 saturated carbocycles. The molecule has 1 nitrogen and oxygen atoms in total. The van der Waals surface area contributed by atoms with E-state index >= 15 is 0 Å². The second kappa shape index (κ2) is 8.77. The van der Waals surface area contributed by atoms with E-state index in [4.69, 9.17) is 0 Å². The summed E-state index contributed by atoms with van der Waals surface area (Å²) < 4.78 is 78.0. The zero-order valence-electron chi connectivity index (χ0n) is 13.4. The lowest BCUT2D eigenvalue weighted by molar-refractivity contribution is -0.139. The molecule has 0 bridgehead atoms. The van der Waals surface area contributed by atoms with Crippen molar-refractivity contribution in [3.63, 3.8) is 0 Å². The summed E-state index contributed by atoms with van der Waals surface area (Å²) in [7, 11) is 0. The van der Waals surface area contributed by atoms with Crippen LogP contribution >= 0.6 is 63.7 Å². The van der Waals surface area contributed by atoms with Crippen LogP contribution in [0.5, 0.6) is 0 Å². The number of alkyl halides is 8. The molecule has 0 heterocycles. The van der Waals surface area contributed by atoms with Gasteiger partial charge in [-0.05, 0) is 55.1 Å². The van der Waals surface area contributed by atoms with E-state index in [0.717, 1.165) is 24.3 Å². The van der Waals surface area contributed by atoms with E-state index in [9.17, 15) is 31.1 Å². The Labute approximate surface area is 189 Å². The summed E-state index contributed by atoms with van der Waals surface area (Å²) in [5, 5.41) is -0.131. The SMILES string of the molecule is O=C(c1ccc(C(F)(F)F)c(Br)c1CBr)c1ccc(C(F)(F)F)c(Br)c1CBr. The molecule has 0 aliphatic heterocycles. The van der Waals surface area contributed by atoms with Gasteiger partial charge in [-0.2, -0.15) is 26.3 Å². The molecule has 0 unspecified atom stereocenters. The monoisotopic (exact) mass is 658 g/mol. The third kappa shape index (κ3) is 4.67. The molecule has 0 fully saturated rings. The van der Waals surface area contributed by atoms with Crippen molar-refractivity contribution in [1.82, 2.24) is 0 Å². The number of rotatable bonds is 4. The summed E-state index contributed by atoms with van der Waals surface area (Å²) in [6, 6.07) is 3.57. The van der Waals surface area contributed by atoms with E-state index < -0.39 is 29.3 Å². The zero-order valence-corrected chi connectivity index (χ0v) is 19.8. The Balaban J connectivity index is 2.68. The van der Waals surface area contributed by atoms with E-state index in [0.29, 0.717) is 0 Å². The molecule has 11 heteroatoms. The molecule has 152 valence electrons. The summed E-state index contributed by atoms with van der Waals surface area (Å²) in [5.74, 6) is -0.687. The molecular formula is C17H8Br4F6O. The molecule has 0 aliphatic rings. The van der Waals surface area contributed by atoms with Gasteiger partial charge in [0.1, 0.15) is 0 Å². The van der Waals surface area contributed by atoms with Crippen LogP contribution in [0.4, 0.5) is 26.3 Å². The molecule has 2 aromatic carbocycles. The molecule has 2 rings (SSSR count). The fourth-order valence-electron chi connectivity index (χ4n) is 2.51. The fourth-order valence-corrected chi connectivity index (χ4v) is 5.85. The van der Waals surface area contributed by atoms with E-state index in [1.165, 1.54) is 0 Å². The Morgan fingerprint density at radius 3 is 1.29 bits per heavy atom. The standard InChI is InChI=1S/C17H8Br4F6O/c18-5-9-7(1-3-11(13(9)20)16(22,23)24)15(28)8-2-4-12(17(25,26)27)14(21)10(8)6-19/h1-4H,5-6H2. The Kier molecular flexibility index (Phi) is 7.48. The Morgan fingerprint density at radius 2 is 1.04 bits per heavy atom. The summed E-state index contributed by atoms with van der Waals surface area (Å²) in [6.07, 6.45) is -9.26. The van der Waals surface area contributed by atoms with Gasteiger partial charge in [-0.25, -0.2) is 0 Å². The van der Waals surface area contributed by atoms with Crippen LogP contribution in [0.1, 0.15) is 38.2 Å². The van der Waals surface area contributed by atoms with Crippen molar-refractivity contribution in [1.29, 1.82) is 0 Å². The van der Waals surface area contributed by atoms with Gasteiger partial charge in [0.05, 0.1) is 11.1 Å². The molecule has 0 saturated heterocycles. The van der Waals surface area contributed by atoms with Crippen molar-refractivity contribution in [2.45, 2.75) is 23.0 Å². The van der Waals surface area contributed by atoms with E-state index in [2.05, 4.69) is 63.7 Å². The summed E-state index contributed by atoms with van der Waals surface area (Å²) >= 11 is 11.9. The predicted molar refractivity (Wildman–Crippen MR) is 107 cm³/mol. The first-order chi connectivity index (χ1) is 12.8. The van der Waals surface area contributed by atoms with Crippen LogP contribution in [0.15, 0.2) is 33.2 Å². The van der Waals surface area contributed by atoms with Crippen molar-refractivity contribution >= 4 is 69.5 Å². The molecule has 0 N–H and O–H groups in total. The number of hydrogen-bond acceptors (Lipinski definition) is 1. The van der Waals surface area contributed by atoms with E-state index in [1.807, 2.05) is 0 Å². The summed E-state index contributed by atoms with van der Waals surface area (Å²) in [5.41, 5.74) is -1.90. The van der Waals surface area contributed by atoms with E-state index in [-0.39, 0.29) is 41.9 Å². The number of benzene rings is 2. The Morgan fingerprint density at radius 1 is 0.714 bits per heavy atom. The van der Waals surface area contributed by atoms with Crippen LogP contribution in [0.25, 0.3) is 0 Å². The van der Waals surface area contributed by atoms with Gasteiger partial charge in [-0.3, -0.25) is 4.79 Å². The zero-order chi connectivity index (χ0) is 21.4. The minimum Gasteiger partial charge on any atom is -0.289 e. The molecular weight excluding hydrogens is 654 g/mol. The third-order valence-electron chi connectivity index (χ3n) is 3.85. The Bertz CT molecular complexity index is 848. The van der Waals surface area contributed by atoms with Gasteiger partial charge in [0.25, 0.3) is 0 Å². The lowest BCUT2D eigenvalue weighted by Crippen LogP contribution is -2.14. The molecule has 0 amide bonds. The Hall–Kier alpha value is -0.390. The minimum atomic E-state index is -4.63. The van der Waals surface area contributed by atoms with Crippen molar-refractivity contribution in [2.75, 3.05) is 0 Å². The highest BCUT2D eigenvalue weighted by Crippen LogP contribution is 2.41. The van der Waals surface area contributed by atoms with Crippen LogP contribution in [-0.2, 0) is 23.0 Å². The van der Waals surface area contributed by atoms with Gasteiger partial charge in [0.15, 0.2) is 5.78 Å².